The Labute approximate surface area is 123 Å². The smallest absolute Gasteiger partial charge is 0.307 e. The van der Waals surface area contributed by atoms with E-state index >= 15 is 0 Å². The molecule has 0 bridgehead atoms. The first-order valence-electron chi connectivity index (χ1n) is 7.65. The van der Waals surface area contributed by atoms with E-state index in [0.717, 1.165) is 39.0 Å². The molecule has 0 unspecified atom stereocenters. The molecular formula is C15H30N2O3. The molecule has 0 fully saturated rings. The first-order valence-corrected chi connectivity index (χ1v) is 7.65. The number of unbranched alkanes of at least 4 members (excludes halogenated alkanes) is 1. The summed E-state index contributed by atoms with van der Waals surface area (Å²) in [7, 11) is 1.37. The number of carbonyl (C=O) groups excluding carboxylic acids is 2. The second-order valence-electron chi connectivity index (χ2n) is 4.79. The van der Waals surface area contributed by atoms with Crippen molar-refractivity contribution in [1.29, 1.82) is 0 Å². The number of amides is 1. The summed E-state index contributed by atoms with van der Waals surface area (Å²) < 4.78 is 4.62. The van der Waals surface area contributed by atoms with Crippen LogP contribution in [0.3, 0.4) is 0 Å². The van der Waals surface area contributed by atoms with E-state index in [1.54, 1.807) is 4.90 Å². The molecule has 0 aromatic carbocycles. The maximum Gasteiger partial charge on any atom is 0.307 e. The molecule has 0 spiro atoms. The summed E-state index contributed by atoms with van der Waals surface area (Å²) in [6.07, 6.45) is 2.81. The van der Waals surface area contributed by atoms with Gasteiger partial charge < -0.3 is 14.5 Å². The number of methoxy groups -OCH3 is 1. The fourth-order valence-corrected chi connectivity index (χ4v) is 2.09. The minimum absolute atomic E-state index is 0.108. The third-order valence-electron chi connectivity index (χ3n) is 3.52. The summed E-state index contributed by atoms with van der Waals surface area (Å²) in [5, 5.41) is 0. The number of nitrogens with zero attached hydrogens (tertiary/aromatic N) is 2. The minimum atomic E-state index is -0.262. The zero-order valence-electron chi connectivity index (χ0n) is 13.5. The fourth-order valence-electron chi connectivity index (χ4n) is 2.09. The van der Waals surface area contributed by atoms with Gasteiger partial charge in [0.1, 0.15) is 0 Å². The molecule has 0 atom stereocenters. The van der Waals surface area contributed by atoms with Crippen LogP contribution < -0.4 is 0 Å². The van der Waals surface area contributed by atoms with Crippen LogP contribution in [-0.2, 0) is 14.3 Å². The molecule has 0 aromatic heterocycles. The first-order chi connectivity index (χ1) is 9.58. The van der Waals surface area contributed by atoms with Crippen LogP contribution in [0.1, 0.15) is 46.5 Å². The third kappa shape index (κ3) is 8.15. The lowest BCUT2D eigenvalue weighted by Gasteiger charge is -2.23. The van der Waals surface area contributed by atoms with Crippen LogP contribution in [-0.4, -0.2) is 61.5 Å². The molecule has 0 rings (SSSR count). The lowest BCUT2D eigenvalue weighted by Crippen LogP contribution is -2.34. The summed E-state index contributed by atoms with van der Waals surface area (Å²) in [4.78, 5) is 27.1. The Bertz CT molecular complexity index is 278. The highest BCUT2D eigenvalue weighted by Gasteiger charge is 2.13. The Morgan fingerprint density at radius 1 is 0.950 bits per heavy atom. The van der Waals surface area contributed by atoms with E-state index in [4.69, 9.17) is 0 Å². The molecule has 118 valence electrons. The summed E-state index contributed by atoms with van der Waals surface area (Å²) in [5.74, 6) is -0.154. The Balaban J connectivity index is 4.04. The quantitative estimate of drug-likeness (QED) is 0.430. The van der Waals surface area contributed by atoms with Gasteiger partial charge in [-0.3, -0.25) is 9.59 Å². The van der Waals surface area contributed by atoms with E-state index in [9.17, 15) is 9.59 Å². The highest BCUT2D eigenvalue weighted by atomic mass is 16.5. The molecule has 0 saturated carbocycles. The predicted octanol–water partition coefficient (Wildman–Crippen LogP) is 1.91. The summed E-state index contributed by atoms with van der Waals surface area (Å²) >= 11 is 0. The largest absolute Gasteiger partial charge is 0.469 e. The SMILES string of the molecule is CCC(=O)N(CCCCN(CC)CC)CCC(=O)OC. The van der Waals surface area contributed by atoms with Gasteiger partial charge >= 0.3 is 5.97 Å². The molecule has 0 aliphatic heterocycles. The van der Waals surface area contributed by atoms with Gasteiger partial charge in [0.25, 0.3) is 0 Å². The predicted molar refractivity (Wildman–Crippen MR) is 80.5 cm³/mol. The number of hydrogen-bond acceptors (Lipinski definition) is 4. The lowest BCUT2D eigenvalue weighted by atomic mass is 10.2. The Morgan fingerprint density at radius 2 is 1.55 bits per heavy atom. The number of hydrogen-bond donors (Lipinski definition) is 0. The summed E-state index contributed by atoms with van der Waals surface area (Å²) in [6, 6.07) is 0. The Kier molecular flexibility index (Phi) is 11.1. The van der Waals surface area contributed by atoms with Gasteiger partial charge in [-0.1, -0.05) is 20.8 Å². The van der Waals surface area contributed by atoms with Crippen molar-refractivity contribution < 1.29 is 14.3 Å². The molecule has 0 saturated heterocycles. The van der Waals surface area contributed by atoms with E-state index in [1.165, 1.54) is 7.11 Å². The van der Waals surface area contributed by atoms with Crippen molar-refractivity contribution in [3.05, 3.63) is 0 Å². The minimum Gasteiger partial charge on any atom is -0.469 e. The molecule has 1 amide bonds. The van der Waals surface area contributed by atoms with Gasteiger partial charge in [-0.25, -0.2) is 0 Å². The van der Waals surface area contributed by atoms with Crippen molar-refractivity contribution in [1.82, 2.24) is 9.80 Å². The van der Waals surface area contributed by atoms with Crippen LogP contribution in [0.25, 0.3) is 0 Å². The van der Waals surface area contributed by atoms with Crippen LogP contribution in [0.5, 0.6) is 0 Å². The third-order valence-corrected chi connectivity index (χ3v) is 3.52. The average Bonchev–Trinajstić information content (AvgIpc) is 2.49. The maximum absolute atomic E-state index is 11.8. The van der Waals surface area contributed by atoms with Crippen molar-refractivity contribution in [3.8, 4) is 0 Å². The van der Waals surface area contributed by atoms with Gasteiger partial charge in [-0.15, -0.1) is 0 Å². The molecule has 5 nitrogen and oxygen atoms in total. The number of carbonyl (C=O) groups is 2. The average molecular weight is 286 g/mol. The van der Waals surface area contributed by atoms with Crippen LogP contribution in [0.4, 0.5) is 0 Å². The zero-order chi connectivity index (χ0) is 15.4. The van der Waals surface area contributed by atoms with Gasteiger partial charge in [0, 0.05) is 19.5 Å². The zero-order valence-corrected chi connectivity index (χ0v) is 13.5. The molecule has 20 heavy (non-hydrogen) atoms. The van der Waals surface area contributed by atoms with E-state index in [-0.39, 0.29) is 18.3 Å². The number of ether oxygens (including phenoxy) is 1. The Hall–Kier alpha value is -1.10. The second-order valence-corrected chi connectivity index (χ2v) is 4.79. The van der Waals surface area contributed by atoms with E-state index in [0.29, 0.717) is 13.0 Å². The van der Waals surface area contributed by atoms with E-state index in [1.807, 2.05) is 6.92 Å². The fraction of sp³-hybridized carbons (Fsp3) is 0.867. The van der Waals surface area contributed by atoms with Gasteiger partial charge in [0.05, 0.1) is 13.5 Å². The molecule has 0 aliphatic rings. The van der Waals surface area contributed by atoms with Crippen molar-refractivity contribution in [2.75, 3.05) is 39.8 Å². The van der Waals surface area contributed by atoms with Crippen LogP contribution >= 0.6 is 0 Å². The van der Waals surface area contributed by atoms with Crippen LogP contribution in [0, 0.1) is 0 Å². The molecule has 0 heterocycles. The van der Waals surface area contributed by atoms with Crippen LogP contribution in [0.2, 0.25) is 0 Å². The van der Waals surface area contributed by atoms with E-state index < -0.39 is 0 Å². The molecular weight excluding hydrogens is 256 g/mol. The van der Waals surface area contributed by atoms with Crippen molar-refractivity contribution in [2.45, 2.75) is 46.5 Å². The number of esters is 1. The van der Waals surface area contributed by atoms with Gasteiger partial charge in [0.2, 0.25) is 5.91 Å². The van der Waals surface area contributed by atoms with Crippen molar-refractivity contribution in [3.63, 3.8) is 0 Å². The number of rotatable bonds is 11. The summed E-state index contributed by atoms with van der Waals surface area (Å²) in [5.41, 5.74) is 0. The first kappa shape index (κ1) is 18.9. The topological polar surface area (TPSA) is 49.9 Å². The van der Waals surface area contributed by atoms with Gasteiger partial charge in [-0.05, 0) is 32.5 Å². The monoisotopic (exact) mass is 286 g/mol. The summed E-state index contributed by atoms with van der Waals surface area (Å²) in [6.45, 7) is 10.6. The standard InChI is InChI=1S/C15H30N2O3/c1-5-14(18)17(13-10-15(19)20-4)12-9-8-11-16(6-2)7-3/h5-13H2,1-4H3. The molecule has 5 heteroatoms. The van der Waals surface area contributed by atoms with Gasteiger partial charge in [-0.2, -0.15) is 0 Å². The maximum atomic E-state index is 11.8. The van der Waals surface area contributed by atoms with Gasteiger partial charge in [0.15, 0.2) is 0 Å². The molecule has 0 N–H and O–H groups in total. The molecule has 0 aliphatic carbocycles. The second kappa shape index (κ2) is 11.7. The highest BCUT2D eigenvalue weighted by molar-refractivity contribution is 5.76. The van der Waals surface area contributed by atoms with Crippen LogP contribution in [0.15, 0.2) is 0 Å². The van der Waals surface area contributed by atoms with E-state index in [2.05, 4.69) is 23.5 Å². The highest BCUT2D eigenvalue weighted by Crippen LogP contribution is 2.03. The van der Waals surface area contributed by atoms with Crippen molar-refractivity contribution >= 4 is 11.9 Å². The molecule has 0 radical (unpaired) electrons. The molecule has 0 aromatic rings. The normalized spacial score (nSPS) is 10.7. The van der Waals surface area contributed by atoms with Crippen molar-refractivity contribution in [2.24, 2.45) is 0 Å². The Morgan fingerprint density at radius 3 is 2.05 bits per heavy atom. The lowest BCUT2D eigenvalue weighted by molar-refractivity contribution is -0.141.